The Labute approximate surface area is 205 Å². The van der Waals surface area contributed by atoms with Gasteiger partial charge in [0.25, 0.3) is 5.56 Å². The Morgan fingerprint density at radius 3 is 2.86 bits per heavy atom. The number of nitrogens with zero attached hydrogens (tertiary/aromatic N) is 4. The van der Waals surface area contributed by atoms with Gasteiger partial charge in [-0.1, -0.05) is 12.1 Å². The quantitative estimate of drug-likeness (QED) is 0.574. The average molecular weight is 470 g/mol. The molecule has 2 aliphatic rings. The van der Waals surface area contributed by atoms with Crippen molar-refractivity contribution in [2.24, 2.45) is 13.0 Å². The fourth-order valence-electron chi connectivity index (χ4n) is 5.34. The lowest BCUT2D eigenvalue weighted by Crippen LogP contribution is -2.47. The first-order valence-electron chi connectivity index (χ1n) is 12.5. The molecule has 0 spiro atoms. The largest absolute Gasteiger partial charge is 0.352 e. The summed E-state index contributed by atoms with van der Waals surface area (Å²) in [5, 5.41) is 13.2. The molecule has 7 nitrogen and oxygen atoms in total. The molecule has 1 aliphatic heterocycles. The minimum atomic E-state index is -0.211. The Hall–Kier alpha value is -3.50. The number of hydrogen-bond donors (Lipinski definition) is 1. The number of rotatable bonds is 7. The van der Waals surface area contributed by atoms with Crippen LogP contribution in [0.2, 0.25) is 0 Å². The highest BCUT2D eigenvalue weighted by molar-refractivity contribution is 5.84. The summed E-state index contributed by atoms with van der Waals surface area (Å²) in [6.45, 7) is 2.07. The maximum Gasteiger partial charge on any atom is 0.250 e. The average Bonchev–Trinajstić information content (AvgIpc) is 3.73. The smallest absolute Gasteiger partial charge is 0.250 e. The topological polar surface area (TPSA) is 91.0 Å². The second kappa shape index (κ2) is 10.0. The van der Waals surface area contributed by atoms with E-state index in [1.807, 2.05) is 18.2 Å². The number of benzene rings is 1. The van der Waals surface area contributed by atoms with E-state index in [-0.39, 0.29) is 23.3 Å². The SMILES string of the molecule is Cn1ccc([C@@H]2CCN(C3CC3)C[C@H]2C(=O)NCc2cc(CCC#N)cc3cccnc23)cc1=O. The molecule has 0 unspecified atom stereocenters. The number of hydrogen-bond acceptors (Lipinski definition) is 5. The lowest BCUT2D eigenvalue weighted by Gasteiger charge is -2.38. The number of carbonyl (C=O) groups excluding carboxylic acids is 1. The molecule has 1 amide bonds. The maximum atomic E-state index is 13.6. The molecule has 2 aromatic heterocycles. The van der Waals surface area contributed by atoms with Crippen molar-refractivity contribution < 1.29 is 4.79 Å². The number of aryl methyl sites for hydroxylation is 2. The number of nitrogens with one attached hydrogen (secondary N) is 1. The first-order chi connectivity index (χ1) is 17.0. The summed E-state index contributed by atoms with van der Waals surface area (Å²) in [5.74, 6) is -0.166. The van der Waals surface area contributed by atoms with Crippen molar-refractivity contribution in [3.05, 3.63) is 75.8 Å². The van der Waals surface area contributed by atoms with Crippen LogP contribution in [0.25, 0.3) is 10.9 Å². The molecular weight excluding hydrogens is 438 g/mol. The van der Waals surface area contributed by atoms with E-state index in [0.29, 0.717) is 25.4 Å². The van der Waals surface area contributed by atoms with Gasteiger partial charge in [-0.25, -0.2) is 0 Å². The van der Waals surface area contributed by atoms with Crippen LogP contribution in [0.1, 0.15) is 48.3 Å². The summed E-state index contributed by atoms with van der Waals surface area (Å²) in [6.07, 6.45) is 7.97. The van der Waals surface area contributed by atoms with Gasteiger partial charge in [0.1, 0.15) is 0 Å². The van der Waals surface area contributed by atoms with Gasteiger partial charge in [0, 0.05) is 56.4 Å². The van der Waals surface area contributed by atoms with Gasteiger partial charge in [-0.3, -0.25) is 19.5 Å². The second-order valence-electron chi connectivity index (χ2n) is 9.84. The molecule has 1 saturated heterocycles. The van der Waals surface area contributed by atoms with Crippen LogP contribution >= 0.6 is 0 Å². The molecule has 3 aromatic rings. The van der Waals surface area contributed by atoms with Crippen LogP contribution in [-0.4, -0.2) is 39.5 Å². The Morgan fingerprint density at radius 1 is 1.23 bits per heavy atom. The van der Waals surface area contributed by atoms with Crippen LogP contribution in [0.4, 0.5) is 0 Å². The van der Waals surface area contributed by atoms with Crippen molar-refractivity contribution in [2.75, 3.05) is 13.1 Å². The minimum Gasteiger partial charge on any atom is -0.352 e. The van der Waals surface area contributed by atoms with Gasteiger partial charge in [0.2, 0.25) is 5.91 Å². The molecule has 7 heteroatoms. The predicted octanol–water partition coefficient (Wildman–Crippen LogP) is 3.27. The highest BCUT2D eigenvalue weighted by Gasteiger charge is 2.40. The first kappa shape index (κ1) is 23.3. The standard InChI is InChI=1S/C28H31N5O2/c1-32-12-8-20(16-26(32)34)24-9-13-33(23-6-7-23)18-25(24)28(35)31-17-22-15-19(4-2-10-29)14-21-5-3-11-30-27(21)22/h3,5,8,11-12,14-16,23-25H,2,4,6-7,9,13,17-18H2,1H3,(H,31,35)/t24-,25+/m0/s1. The maximum absolute atomic E-state index is 13.6. The molecule has 0 radical (unpaired) electrons. The number of likely N-dealkylation sites (tertiary alicyclic amines) is 1. The number of amides is 1. The third-order valence-corrected chi connectivity index (χ3v) is 7.42. The molecular formula is C28H31N5O2. The Morgan fingerprint density at radius 2 is 2.09 bits per heavy atom. The summed E-state index contributed by atoms with van der Waals surface area (Å²) in [7, 11) is 1.75. The van der Waals surface area contributed by atoms with Crippen molar-refractivity contribution in [1.29, 1.82) is 5.26 Å². The molecule has 2 atom stereocenters. The van der Waals surface area contributed by atoms with Crippen molar-refractivity contribution in [3.8, 4) is 6.07 Å². The summed E-state index contributed by atoms with van der Waals surface area (Å²) in [4.78, 5) is 32.9. The number of aromatic nitrogens is 2. The monoisotopic (exact) mass is 469 g/mol. The Kier molecular flexibility index (Phi) is 6.65. The van der Waals surface area contributed by atoms with Crippen molar-refractivity contribution in [3.63, 3.8) is 0 Å². The molecule has 3 heterocycles. The zero-order valence-corrected chi connectivity index (χ0v) is 20.1. The lowest BCUT2D eigenvalue weighted by molar-refractivity contribution is -0.127. The van der Waals surface area contributed by atoms with Crippen molar-refractivity contribution in [1.82, 2.24) is 19.8 Å². The molecule has 35 heavy (non-hydrogen) atoms. The lowest BCUT2D eigenvalue weighted by atomic mass is 9.80. The predicted molar refractivity (Wildman–Crippen MR) is 135 cm³/mol. The van der Waals surface area contributed by atoms with E-state index in [0.717, 1.165) is 47.1 Å². The highest BCUT2D eigenvalue weighted by Crippen LogP contribution is 2.38. The summed E-state index contributed by atoms with van der Waals surface area (Å²) in [6, 6.07) is 14.5. The normalized spacial score (nSPS) is 20.5. The molecule has 1 saturated carbocycles. The molecule has 1 aliphatic carbocycles. The summed E-state index contributed by atoms with van der Waals surface area (Å²) in [5.41, 5.74) is 3.82. The van der Waals surface area contributed by atoms with E-state index in [9.17, 15) is 9.59 Å². The van der Waals surface area contributed by atoms with E-state index in [2.05, 4.69) is 33.4 Å². The first-order valence-corrected chi connectivity index (χ1v) is 12.5. The van der Waals surface area contributed by atoms with E-state index in [4.69, 9.17) is 5.26 Å². The fourth-order valence-corrected chi connectivity index (χ4v) is 5.34. The number of nitriles is 1. The zero-order valence-electron chi connectivity index (χ0n) is 20.1. The molecule has 180 valence electrons. The number of carbonyl (C=O) groups is 1. The Balaban J connectivity index is 1.38. The Bertz CT molecular complexity index is 1340. The highest BCUT2D eigenvalue weighted by atomic mass is 16.2. The fraction of sp³-hybridized carbons (Fsp3) is 0.429. The van der Waals surface area contributed by atoms with Crippen molar-refractivity contribution in [2.45, 2.75) is 50.6 Å². The van der Waals surface area contributed by atoms with E-state index in [1.165, 1.54) is 12.8 Å². The molecule has 2 fully saturated rings. The number of pyridine rings is 2. The van der Waals surface area contributed by atoms with Gasteiger partial charge in [-0.2, -0.15) is 5.26 Å². The number of piperidine rings is 1. The van der Waals surface area contributed by atoms with Gasteiger partial charge in [-0.05, 0) is 73.0 Å². The van der Waals surface area contributed by atoms with Gasteiger partial charge < -0.3 is 9.88 Å². The molecule has 1 aromatic carbocycles. The van der Waals surface area contributed by atoms with Crippen molar-refractivity contribution >= 4 is 16.8 Å². The summed E-state index contributed by atoms with van der Waals surface area (Å²) < 4.78 is 1.56. The van der Waals surface area contributed by atoms with Gasteiger partial charge in [0.05, 0.1) is 17.5 Å². The van der Waals surface area contributed by atoms with Gasteiger partial charge in [-0.15, -0.1) is 0 Å². The van der Waals surface area contributed by atoms with Crippen LogP contribution in [0.5, 0.6) is 0 Å². The van der Waals surface area contributed by atoms with Gasteiger partial charge >= 0.3 is 0 Å². The zero-order chi connectivity index (χ0) is 24.4. The number of fused-ring (bicyclic) bond motifs is 1. The van der Waals surface area contributed by atoms with E-state index < -0.39 is 0 Å². The molecule has 1 N–H and O–H groups in total. The summed E-state index contributed by atoms with van der Waals surface area (Å²) >= 11 is 0. The minimum absolute atomic E-state index is 0.0209. The van der Waals surface area contributed by atoms with E-state index in [1.54, 1.807) is 30.1 Å². The molecule has 5 rings (SSSR count). The third-order valence-electron chi connectivity index (χ3n) is 7.42. The molecule has 0 bridgehead atoms. The van der Waals surface area contributed by atoms with Crippen LogP contribution in [0.3, 0.4) is 0 Å². The van der Waals surface area contributed by atoms with Crippen LogP contribution in [0.15, 0.2) is 53.6 Å². The van der Waals surface area contributed by atoms with Gasteiger partial charge in [0.15, 0.2) is 0 Å². The van der Waals surface area contributed by atoms with E-state index >= 15 is 0 Å². The third kappa shape index (κ3) is 5.13. The second-order valence-corrected chi connectivity index (χ2v) is 9.84. The van der Waals surface area contributed by atoms with Crippen LogP contribution in [0, 0.1) is 17.2 Å². The van der Waals surface area contributed by atoms with Crippen LogP contribution in [-0.2, 0) is 24.8 Å². The van der Waals surface area contributed by atoms with Crippen LogP contribution < -0.4 is 10.9 Å².